The van der Waals surface area contributed by atoms with E-state index in [1.54, 1.807) is 37.5 Å². The fourth-order valence-corrected chi connectivity index (χ4v) is 3.37. The number of benzene rings is 2. The zero-order valence-corrected chi connectivity index (χ0v) is 18.6. The van der Waals surface area contributed by atoms with Gasteiger partial charge in [-0.05, 0) is 48.9 Å². The number of carbonyl (C=O) groups is 2. The Morgan fingerprint density at radius 2 is 1.88 bits per heavy atom. The molecular weight excluding hydrogens is 412 g/mol. The molecule has 2 aromatic rings. The molecule has 0 radical (unpaired) electrons. The van der Waals surface area contributed by atoms with Crippen LogP contribution in [0.1, 0.15) is 22.8 Å². The van der Waals surface area contributed by atoms with Crippen LogP contribution in [0.2, 0.25) is 0 Å². The molecule has 0 aliphatic carbocycles. The van der Waals surface area contributed by atoms with Crippen LogP contribution < -0.4 is 19.7 Å². The summed E-state index contributed by atoms with van der Waals surface area (Å²) in [5.74, 6) is 0.446. The van der Waals surface area contributed by atoms with Crippen LogP contribution >= 0.6 is 0 Å². The molecule has 1 N–H and O–H groups in total. The molecule has 0 bridgehead atoms. The third kappa shape index (κ3) is 5.79. The summed E-state index contributed by atoms with van der Waals surface area (Å²) in [6.45, 7) is 5.03. The standard InChI is InChI=1S/C24H28N2O6/c1-4-32-21-9-5-17(15-22(21)29-2)6-10-23(27)25-19-16-18(24(28)30-3)7-8-20(19)26-11-13-31-14-12-26/h5-10,15-16H,4,11-14H2,1-3H3,(H,25,27)/b10-6+. The first-order chi connectivity index (χ1) is 15.5. The topological polar surface area (TPSA) is 86.3 Å². The molecule has 3 rings (SSSR count). The van der Waals surface area contributed by atoms with E-state index in [2.05, 4.69) is 10.2 Å². The first kappa shape index (κ1) is 23.1. The Bertz CT molecular complexity index is 982. The number of methoxy groups -OCH3 is 2. The lowest BCUT2D eigenvalue weighted by Crippen LogP contribution is -2.36. The van der Waals surface area contributed by atoms with E-state index in [4.69, 9.17) is 18.9 Å². The number of amides is 1. The van der Waals surface area contributed by atoms with Crippen molar-refractivity contribution in [2.45, 2.75) is 6.92 Å². The Balaban J connectivity index is 1.80. The molecule has 8 heteroatoms. The van der Waals surface area contributed by atoms with E-state index in [0.717, 1.165) is 11.3 Å². The highest BCUT2D eigenvalue weighted by Gasteiger charge is 2.18. The summed E-state index contributed by atoms with van der Waals surface area (Å²) in [6, 6.07) is 10.6. The third-order valence-corrected chi connectivity index (χ3v) is 4.94. The minimum Gasteiger partial charge on any atom is -0.493 e. The van der Waals surface area contributed by atoms with Crippen molar-refractivity contribution < 1.29 is 28.5 Å². The minimum atomic E-state index is -0.467. The van der Waals surface area contributed by atoms with Crippen LogP contribution in [-0.2, 0) is 14.3 Å². The molecule has 0 atom stereocenters. The predicted octanol–water partition coefficient (Wildman–Crippen LogP) is 3.37. The summed E-state index contributed by atoms with van der Waals surface area (Å²) in [5.41, 5.74) is 2.51. The molecule has 1 fully saturated rings. The van der Waals surface area contributed by atoms with Gasteiger partial charge in [0.1, 0.15) is 0 Å². The quantitative estimate of drug-likeness (QED) is 0.498. The summed E-state index contributed by atoms with van der Waals surface area (Å²) < 4.78 is 21.1. The molecule has 0 aromatic heterocycles. The normalized spacial score (nSPS) is 13.7. The van der Waals surface area contributed by atoms with Crippen LogP contribution in [0.4, 0.5) is 11.4 Å². The highest BCUT2D eigenvalue weighted by Crippen LogP contribution is 2.30. The van der Waals surface area contributed by atoms with E-state index in [1.165, 1.54) is 13.2 Å². The molecule has 0 spiro atoms. The number of rotatable bonds is 8. The maximum atomic E-state index is 12.7. The monoisotopic (exact) mass is 440 g/mol. The van der Waals surface area contributed by atoms with Gasteiger partial charge in [-0.25, -0.2) is 4.79 Å². The van der Waals surface area contributed by atoms with Gasteiger partial charge in [-0.2, -0.15) is 0 Å². The van der Waals surface area contributed by atoms with Gasteiger partial charge >= 0.3 is 5.97 Å². The zero-order valence-electron chi connectivity index (χ0n) is 18.6. The van der Waals surface area contributed by atoms with E-state index in [1.807, 2.05) is 19.1 Å². The van der Waals surface area contributed by atoms with Crippen molar-refractivity contribution in [2.75, 3.05) is 57.3 Å². The SMILES string of the molecule is CCOc1ccc(/C=C/C(=O)Nc2cc(C(=O)OC)ccc2N2CCOCC2)cc1OC. The van der Waals surface area contributed by atoms with Gasteiger partial charge in [0.25, 0.3) is 0 Å². The number of nitrogens with one attached hydrogen (secondary N) is 1. The highest BCUT2D eigenvalue weighted by molar-refractivity contribution is 6.05. The summed E-state index contributed by atoms with van der Waals surface area (Å²) in [4.78, 5) is 26.8. The van der Waals surface area contributed by atoms with Gasteiger partial charge in [0.15, 0.2) is 11.5 Å². The van der Waals surface area contributed by atoms with E-state index in [9.17, 15) is 9.59 Å². The molecule has 0 saturated carbocycles. The fourth-order valence-electron chi connectivity index (χ4n) is 3.37. The van der Waals surface area contributed by atoms with Gasteiger partial charge in [-0.1, -0.05) is 6.07 Å². The average molecular weight is 440 g/mol. The minimum absolute atomic E-state index is 0.325. The summed E-state index contributed by atoms with van der Waals surface area (Å²) in [7, 11) is 2.89. The highest BCUT2D eigenvalue weighted by atomic mass is 16.5. The van der Waals surface area contributed by atoms with E-state index in [0.29, 0.717) is 55.7 Å². The van der Waals surface area contributed by atoms with Crippen molar-refractivity contribution >= 4 is 29.3 Å². The van der Waals surface area contributed by atoms with Crippen LogP contribution in [0.15, 0.2) is 42.5 Å². The second-order valence-corrected chi connectivity index (χ2v) is 6.99. The number of ether oxygens (including phenoxy) is 4. The maximum Gasteiger partial charge on any atom is 0.337 e. The van der Waals surface area contributed by atoms with Gasteiger partial charge in [-0.3, -0.25) is 4.79 Å². The van der Waals surface area contributed by atoms with Gasteiger partial charge < -0.3 is 29.2 Å². The van der Waals surface area contributed by atoms with Gasteiger partial charge in [-0.15, -0.1) is 0 Å². The average Bonchev–Trinajstić information content (AvgIpc) is 2.83. The van der Waals surface area contributed by atoms with Crippen LogP contribution in [0.5, 0.6) is 11.5 Å². The van der Waals surface area contributed by atoms with Crippen molar-refractivity contribution in [3.63, 3.8) is 0 Å². The molecule has 2 aromatic carbocycles. The van der Waals surface area contributed by atoms with Crippen molar-refractivity contribution in [1.82, 2.24) is 0 Å². The summed E-state index contributed by atoms with van der Waals surface area (Å²) >= 11 is 0. The molecule has 8 nitrogen and oxygen atoms in total. The maximum absolute atomic E-state index is 12.7. The number of esters is 1. The number of hydrogen-bond acceptors (Lipinski definition) is 7. The first-order valence-corrected chi connectivity index (χ1v) is 10.4. The number of carbonyl (C=O) groups excluding carboxylic acids is 2. The zero-order chi connectivity index (χ0) is 22.9. The van der Waals surface area contributed by atoms with E-state index in [-0.39, 0.29) is 5.91 Å². The Morgan fingerprint density at radius 3 is 2.56 bits per heavy atom. The largest absolute Gasteiger partial charge is 0.493 e. The van der Waals surface area contributed by atoms with E-state index >= 15 is 0 Å². The van der Waals surface area contributed by atoms with Gasteiger partial charge in [0.05, 0.1) is 51.0 Å². The Labute approximate surface area is 187 Å². The molecular formula is C24H28N2O6. The molecule has 0 unspecified atom stereocenters. The lowest BCUT2D eigenvalue weighted by atomic mass is 10.1. The van der Waals surface area contributed by atoms with Crippen LogP contribution in [0, 0.1) is 0 Å². The molecule has 1 aliphatic heterocycles. The van der Waals surface area contributed by atoms with E-state index < -0.39 is 5.97 Å². The Morgan fingerprint density at radius 1 is 1.09 bits per heavy atom. The van der Waals surface area contributed by atoms with Gasteiger partial charge in [0, 0.05) is 19.2 Å². The van der Waals surface area contributed by atoms with Crippen molar-refractivity contribution in [3.05, 3.63) is 53.6 Å². The predicted molar refractivity (Wildman–Crippen MR) is 123 cm³/mol. The molecule has 1 heterocycles. The van der Waals surface area contributed by atoms with Crippen molar-refractivity contribution in [1.29, 1.82) is 0 Å². The van der Waals surface area contributed by atoms with Crippen LogP contribution in [0.3, 0.4) is 0 Å². The Hall–Kier alpha value is -3.52. The molecule has 32 heavy (non-hydrogen) atoms. The smallest absolute Gasteiger partial charge is 0.337 e. The third-order valence-electron chi connectivity index (χ3n) is 4.94. The second-order valence-electron chi connectivity index (χ2n) is 6.99. The first-order valence-electron chi connectivity index (χ1n) is 10.4. The molecule has 1 aliphatic rings. The van der Waals surface area contributed by atoms with Crippen LogP contribution in [-0.4, -0.2) is 59.0 Å². The van der Waals surface area contributed by atoms with Crippen LogP contribution in [0.25, 0.3) is 6.08 Å². The number of morpholine rings is 1. The summed E-state index contributed by atoms with van der Waals surface area (Å²) in [6.07, 6.45) is 3.12. The number of anilines is 2. The molecule has 170 valence electrons. The number of nitrogens with zero attached hydrogens (tertiary/aromatic N) is 1. The number of hydrogen-bond donors (Lipinski definition) is 1. The summed E-state index contributed by atoms with van der Waals surface area (Å²) in [5, 5.41) is 2.89. The second kappa shape index (κ2) is 11.2. The molecule has 1 amide bonds. The Kier molecular flexibility index (Phi) is 8.10. The lowest BCUT2D eigenvalue weighted by molar-refractivity contribution is -0.111. The van der Waals surface area contributed by atoms with Crippen molar-refractivity contribution in [3.8, 4) is 11.5 Å². The lowest BCUT2D eigenvalue weighted by Gasteiger charge is -2.30. The molecule has 1 saturated heterocycles. The van der Waals surface area contributed by atoms with Gasteiger partial charge in [0.2, 0.25) is 5.91 Å². The fraction of sp³-hybridized carbons (Fsp3) is 0.333. The van der Waals surface area contributed by atoms with Crippen molar-refractivity contribution in [2.24, 2.45) is 0 Å².